The molecule has 0 bridgehead atoms. The van der Waals surface area contributed by atoms with Crippen LogP contribution in [0.5, 0.6) is 0 Å². The van der Waals surface area contributed by atoms with Crippen molar-refractivity contribution in [2.75, 3.05) is 19.8 Å². The van der Waals surface area contributed by atoms with Crippen LogP contribution < -0.4 is 5.32 Å². The molecular formula is C11H19N3O. The van der Waals surface area contributed by atoms with Crippen LogP contribution in [0.15, 0.2) is 12.4 Å². The third-order valence-corrected chi connectivity index (χ3v) is 2.05. The second-order valence-corrected chi connectivity index (χ2v) is 3.39. The molecule has 0 aromatic carbocycles. The maximum absolute atomic E-state index is 5.39. The molecule has 0 saturated heterocycles. The zero-order chi connectivity index (χ0) is 11.1. The Morgan fingerprint density at radius 2 is 2.00 bits per heavy atom. The molecule has 4 nitrogen and oxygen atoms in total. The van der Waals surface area contributed by atoms with E-state index in [0.717, 1.165) is 17.9 Å². The highest BCUT2D eigenvalue weighted by Crippen LogP contribution is 2.07. The largest absolute Gasteiger partial charge is 0.380 e. The van der Waals surface area contributed by atoms with Crippen LogP contribution in [0.4, 0.5) is 0 Å². The van der Waals surface area contributed by atoms with Crippen LogP contribution in [0.3, 0.4) is 0 Å². The molecule has 1 unspecified atom stereocenters. The number of aryl methyl sites for hydroxylation is 1. The fourth-order valence-corrected chi connectivity index (χ4v) is 1.29. The van der Waals surface area contributed by atoms with Gasteiger partial charge in [0.05, 0.1) is 12.6 Å². The van der Waals surface area contributed by atoms with Crippen LogP contribution in [-0.2, 0) is 4.74 Å². The van der Waals surface area contributed by atoms with Crippen molar-refractivity contribution < 1.29 is 4.74 Å². The highest BCUT2D eigenvalue weighted by atomic mass is 16.5. The molecule has 1 aromatic heterocycles. The first-order valence-electron chi connectivity index (χ1n) is 5.37. The summed E-state index contributed by atoms with van der Waals surface area (Å²) in [5, 5.41) is 3.30. The molecule has 0 saturated carbocycles. The van der Waals surface area contributed by atoms with E-state index in [1.165, 1.54) is 0 Å². The third kappa shape index (κ3) is 3.93. The molecule has 0 aliphatic rings. The smallest absolute Gasteiger partial charge is 0.147 e. The van der Waals surface area contributed by atoms with Gasteiger partial charge in [0.1, 0.15) is 5.82 Å². The van der Waals surface area contributed by atoms with E-state index >= 15 is 0 Å². The average molecular weight is 209 g/mol. The second-order valence-electron chi connectivity index (χ2n) is 3.39. The second kappa shape index (κ2) is 6.48. The Morgan fingerprint density at radius 1 is 1.33 bits per heavy atom. The van der Waals surface area contributed by atoms with E-state index in [-0.39, 0.29) is 6.04 Å². The molecule has 0 aliphatic heterocycles. The van der Waals surface area contributed by atoms with Gasteiger partial charge in [-0.3, -0.25) is 0 Å². The highest BCUT2D eigenvalue weighted by Gasteiger charge is 2.12. The van der Waals surface area contributed by atoms with Gasteiger partial charge in [0.25, 0.3) is 0 Å². The van der Waals surface area contributed by atoms with Crippen molar-refractivity contribution in [1.82, 2.24) is 15.3 Å². The van der Waals surface area contributed by atoms with Gasteiger partial charge in [-0.1, -0.05) is 6.92 Å². The Morgan fingerprint density at radius 3 is 2.53 bits per heavy atom. The molecule has 0 amide bonds. The monoisotopic (exact) mass is 209 g/mol. The van der Waals surface area contributed by atoms with E-state index < -0.39 is 0 Å². The average Bonchev–Trinajstić information content (AvgIpc) is 2.25. The lowest BCUT2D eigenvalue weighted by Gasteiger charge is -2.15. The van der Waals surface area contributed by atoms with Crippen LogP contribution in [0, 0.1) is 6.92 Å². The summed E-state index contributed by atoms with van der Waals surface area (Å²) >= 11 is 0. The van der Waals surface area contributed by atoms with Crippen molar-refractivity contribution in [3.63, 3.8) is 0 Å². The van der Waals surface area contributed by atoms with Crippen LogP contribution in [0.2, 0.25) is 0 Å². The number of aromatic nitrogens is 2. The highest BCUT2D eigenvalue weighted by molar-refractivity contribution is 5.04. The lowest BCUT2D eigenvalue weighted by atomic mass is 10.2. The number of likely N-dealkylation sites (N-methyl/N-ethyl adjacent to an activating group) is 1. The summed E-state index contributed by atoms with van der Waals surface area (Å²) in [5.74, 6) is 0.802. The fraction of sp³-hybridized carbons (Fsp3) is 0.636. The number of hydrogen-bond donors (Lipinski definition) is 1. The normalized spacial score (nSPS) is 12.7. The van der Waals surface area contributed by atoms with Crippen molar-refractivity contribution in [1.29, 1.82) is 0 Å². The van der Waals surface area contributed by atoms with Crippen molar-refractivity contribution in [2.45, 2.75) is 26.8 Å². The van der Waals surface area contributed by atoms with Gasteiger partial charge in [0.2, 0.25) is 0 Å². The van der Waals surface area contributed by atoms with Gasteiger partial charge in [0.15, 0.2) is 0 Å². The molecular weight excluding hydrogens is 190 g/mol. The van der Waals surface area contributed by atoms with Gasteiger partial charge >= 0.3 is 0 Å². The minimum Gasteiger partial charge on any atom is -0.380 e. The minimum absolute atomic E-state index is 0.0931. The summed E-state index contributed by atoms with van der Waals surface area (Å²) in [6, 6.07) is 0.0931. The minimum atomic E-state index is 0.0931. The number of nitrogens with one attached hydrogen (secondary N) is 1. The van der Waals surface area contributed by atoms with Gasteiger partial charge in [-0.25, -0.2) is 9.97 Å². The molecule has 0 spiro atoms. The van der Waals surface area contributed by atoms with Crippen molar-refractivity contribution in [2.24, 2.45) is 0 Å². The molecule has 1 aromatic rings. The number of hydrogen-bond acceptors (Lipinski definition) is 4. The Kier molecular flexibility index (Phi) is 5.21. The van der Waals surface area contributed by atoms with Crippen LogP contribution in [-0.4, -0.2) is 29.7 Å². The van der Waals surface area contributed by atoms with Gasteiger partial charge in [-0.05, 0) is 26.0 Å². The van der Waals surface area contributed by atoms with Gasteiger partial charge in [-0.15, -0.1) is 0 Å². The lowest BCUT2D eigenvalue weighted by Crippen LogP contribution is -2.27. The van der Waals surface area contributed by atoms with E-state index in [2.05, 4.69) is 22.2 Å². The van der Waals surface area contributed by atoms with E-state index in [0.29, 0.717) is 13.2 Å². The quantitative estimate of drug-likeness (QED) is 0.770. The summed E-state index contributed by atoms with van der Waals surface area (Å²) in [5.41, 5.74) is 1.07. The molecule has 1 rings (SSSR count). The van der Waals surface area contributed by atoms with Crippen molar-refractivity contribution >= 4 is 0 Å². The SMILES string of the molecule is CCNC(COCC)c1ncc(C)cn1. The van der Waals surface area contributed by atoms with E-state index in [1.54, 1.807) is 0 Å². The molecule has 15 heavy (non-hydrogen) atoms. The zero-order valence-electron chi connectivity index (χ0n) is 9.66. The lowest BCUT2D eigenvalue weighted by molar-refractivity contribution is 0.121. The molecule has 1 atom stereocenters. The standard InChI is InChI=1S/C11H19N3O/c1-4-12-10(8-15-5-2)11-13-6-9(3)7-14-11/h6-7,10,12H,4-5,8H2,1-3H3. The molecule has 4 heteroatoms. The summed E-state index contributed by atoms with van der Waals surface area (Å²) in [7, 11) is 0. The third-order valence-electron chi connectivity index (χ3n) is 2.05. The summed E-state index contributed by atoms with van der Waals surface area (Å²) in [6.07, 6.45) is 3.66. The first-order chi connectivity index (χ1) is 7.27. The first kappa shape index (κ1) is 12.1. The Balaban J connectivity index is 2.65. The Hall–Kier alpha value is -1.00. The predicted octanol–water partition coefficient (Wildman–Crippen LogP) is 1.47. The molecule has 1 heterocycles. The Labute approximate surface area is 91.1 Å². The van der Waals surface area contributed by atoms with Crippen LogP contribution in [0.25, 0.3) is 0 Å². The molecule has 0 fully saturated rings. The van der Waals surface area contributed by atoms with E-state index in [1.807, 2.05) is 26.2 Å². The van der Waals surface area contributed by atoms with E-state index in [4.69, 9.17) is 4.74 Å². The van der Waals surface area contributed by atoms with Gasteiger partial charge < -0.3 is 10.1 Å². The zero-order valence-corrected chi connectivity index (χ0v) is 9.66. The fourth-order valence-electron chi connectivity index (χ4n) is 1.29. The number of rotatable bonds is 6. The van der Waals surface area contributed by atoms with Crippen LogP contribution in [0.1, 0.15) is 31.3 Å². The summed E-state index contributed by atoms with van der Waals surface area (Å²) < 4.78 is 5.39. The molecule has 1 N–H and O–H groups in total. The maximum Gasteiger partial charge on any atom is 0.147 e. The predicted molar refractivity (Wildman–Crippen MR) is 59.7 cm³/mol. The number of ether oxygens (including phenoxy) is 1. The Bertz CT molecular complexity index is 274. The van der Waals surface area contributed by atoms with Gasteiger partial charge in [0, 0.05) is 19.0 Å². The van der Waals surface area contributed by atoms with Gasteiger partial charge in [-0.2, -0.15) is 0 Å². The first-order valence-corrected chi connectivity index (χ1v) is 5.37. The summed E-state index contributed by atoms with van der Waals surface area (Å²) in [6.45, 7) is 8.25. The van der Waals surface area contributed by atoms with Crippen LogP contribution >= 0.6 is 0 Å². The molecule has 84 valence electrons. The summed E-state index contributed by atoms with van der Waals surface area (Å²) in [4.78, 5) is 8.59. The molecule has 0 aliphatic carbocycles. The van der Waals surface area contributed by atoms with E-state index in [9.17, 15) is 0 Å². The molecule has 0 radical (unpaired) electrons. The maximum atomic E-state index is 5.39. The van der Waals surface area contributed by atoms with Crippen molar-refractivity contribution in [3.8, 4) is 0 Å². The van der Waals surface area contributed by atoms with Crippen molar-refractivity contribution in [3.05, 3.63) is 23.8 Å². The number of nitrogens with zero attached hydrogens (tertiary/aromatic N) is 2. The topological polar surface area (TPSA) is 47.0 Å².